The fraction of sp³-hybridized carbons (Fsp3) is 0.412. The highest BCUT2D eigenvalue weighted by molar-refractivity contribution is 5.92. The van der Waals surface area contributed by atoms with Gasteiger partial charge in [0.1, 0.15) is 5.60 Å². The Morgan fingerprint density at radius 2 is 2.00 bits per heavy atom. The smallest absolute Gasteiger partial charge is 0.414 e. The molecule has 118 valence electrons. The molecule has 0 atom stereocenters. The standard InChI is InChI=1S/C17H21NO4/c1-5-21-15(19)13-8-6-7-12-9-10-18(11-14(12)13)16(20)22-17(2,3)4/h6-10H,5,11H2,1-4H3. The maximum atomic E-state index is 12.2. The quantitative estimate of drug-likeness (QED) is 0.784. The number of amides is 1. The van der Waals surface area contributed by atoms with Gasteiger partial charge in [0.05, 0.1) is 18.7 Å². The lowest BCUT2D eigenvalue weighted by atomic mass is 9.98. The average molecular weight is 303 g/mol. The van der Waals surface area contributed by atoms with Crippen LogP contribution in [0, 0.1) is 0 Å². The van der Waals surface area contributed by atoms with Crippen molar-refractivity contribution in [2.24, 2.45) is 0 Å². The van der Waals surface area contributed by atoms with Crippen LogP contribution in [-0.2, 0) is 16.0 Å². The topological polar surface area (TPSA) is 55.8 Å². The lowest BCUT2D eigenvalue weighted by molar-refractivity contribution is 0.0318. The van der Waals surface area contributed by atoms with E-state index in [0.717, 1.165) is 11.1 Å². The lowest BCUT2D eigenvalue weighted by Crippen LogP contribution is -2.34. The highest BCUT2D eigenvalue weighted by Crippen LogP contribution is 2.25. The molecule has 5 heteroatoms. The Kier molecular flexibility index (Phi) is 4.54. The second-order valence-corrected chi connectivity index (χ2v) is 6.02. The van der Waals surface area contributed by atoms with Crippen molar-refractivity contribution in [1.82, 2.24) is 4.90 Å². The lowest BCUT2D eigenvalue weighted by Gasteiger charge is -2.28. The number of carbonyl (C=O) groups is 2. The Morgan fingerprint density at radius 1 is 1.27 bits per heavy atom. The number of hydrogen-bond donors (Lipinski definition) is 0. The summed E-state index contributed by atoms with van der Waals surface area (Å²) < 4.78 is 10.4. The molecular formula is C17H21NO4. The third-order valence-electron chi connectivity index (χ3n) is 3.10. The van der Waals surface area contributed by atoms with Crippen molar-refractivity contribution in [1.29, 1.82) is 0 Å². The highest BCUT2D eigenvalue weighted by Gasteiger charge is 2.26. The van der Waals surface area contributed by atoms with Crippen LogP contribution in [0.1, 0.15) is 49.2 Å². The minimum atomic E-state index is -0.564. The van der Waals surface area contributed by atoms with E-state index in [9.17, 15) is 9.59 Å². The molecule has 1 amide bonds. The molecular weight excluding hydrogens is 282 g/mol. The van der Waals surface area contributed by atoms with Crippen LogP contribution in [0.4, 0.5) is 4.79 Å². The molecule has 0 aromatic heterocycles. The molecule has 22 heavy (non-hydrogen) atoms. The zero-order chi connectivity index (χ0) is 16.3. The second-order valence-electron chi connectivity index (χ2n) is 6.02. The number of nitrogens with zero attached hydrogens (tertiary/aromatic N) is 1. The van der Waals surface area contributed by atoms with Crippen LogP contribution in [0.5, 0.6) is 0 Å². The van der Waals surface area contributed by atoms with Gasteiger partial charge >= 0.3 is 12.1 Å². The van der Waals surface area contributed by atoms with Crippen molar-refractivity contribution in [2.75, 3.05) is 6.61 Å². The molecule has 0 fully saturated rings. The summed E-state index contributed by atoms with van der Waals surface area (Å²) in [6, 6.07) is 5.42. The van der Waals surface area contributed by atoms with E-state index in [1.165, 1.54) is 4.90 Å². The van der Waals surface area contributed by atoms with E-state index in [0.29, 0.717) is 12.2 Å². The van der Waals surface area contributed by atoms with E-state index in [4.69, 9.17) is 9.47 Å². The number of esters is 1. The third kappa shape index (κ3) is 3.67. The zero-order valence-electron chi connectivity index (χ0n) is 13.4. The molecule has 0 N–H and O–H groups in total. The fourth-order valence-electron chi connectivity index (χ4n) is 2.18. The zero-order valence-corrected chi connectivity index (χ0v) is 13.4. The molecule has 1 aliphatic rings. The molecule has 0 unspecified atom stereocenters. The van der Waals surface area contributed by atoms with E-state index in [1.807, 2.05) is 26.8 Å². The van der Waals surface area contributed by atoms with Gasteiger partial charge in [0.25, 0.3) is 0 Å². The van der Waals surface area contributed by atoms with Crippen molar-refractivity contribution >= 4 is 18.1 Å². The molecule has 0 bridgehead atoms. The monoisotopic (exact) mass is 303 g/mol. The molecule has 0 saturated carbocycles. The predicted molar refractivity (Wildman–Crippen MR) is 83.2 cm³/mol. The summed E-state index contributed by atoms with van der Waals surface area (Å²) in [4.78, 5) is 25.7. The van der Waals surface area contributed by atoms with Crippen LogP contribution in [0.15, 0.2) is 24.4 Å². The molecule has 0 spiro atoms. The van der Waals surface area contributed by atoms with Gasteiger partial charge in [0.2, 0.25) is 0 Å². The average Bonchev–Trinajstić information content (AvgIpc) is 2.44. The number of benzene rings is 1. The first-order valence-electron chi connectivity index (χ1n) is 7.28. The number of hydrogen-bond acceptors (Lipinski definition) is 4. The summed E-state index contributed by atoms with van der Waals surface area (Å²) in [5, 5.41) is 0. The summed E-state index contributed by atoms with van der Waals surface area (Å²) in [6.45, 7) is 7.81. The predicted octanol–water partition coefficient (Wildman–Crippen LogP) is 3.58. The van der Waals surface area contributed by atoms with Gasteiger partial charge in [-0.15, -0.1) is 0 Å². The Bertz CT molecular complexity index is 614. The van der Waals surface area contributed by atoms with Crippen LogP contribution in [0.2, 0.25) is 0 Å². The number of fused-ring (bicyclic) bond motifs is 1. The number of carbonyl (C=O) groups excluding carboxylic acids is 2. The van der Waals surface area contributed by atoms with Crippen molar-refractivity contribution in [3.05, 3.63) is 41.1 Å². The van der Waals surface area contributed by atoms with Gasteiger partial charge in [-0.3, -0.25) is 4.90 Å². The Morgan fingerprint density at radius 3 is 2.64 bits per heavy atom. The van der Waals surface area contributed by atoms with Crippen LogP contribution in [0.25, 0.3) is 6.08 Å². The van der Waals surface area contributed by atoms with Gasteiger partial charge in [-0.1, -0.05) is 12.1 Å². The first kappa shape index (κ1) is 16.1. The van der Waals surface area contributed by atoms with Gasteiger partial charge in [0.15, 0.2) is 0 Å². The number of ether oxygens (including phenoxy) is 2. The highest BCUT2D eigenvalue weighted by atomic mass is 16.6. The Hall–Kier alpha value is -2.30. The van der Waals surface area contributed by atoms with Crippen LogP contribution in [-0.4, -0.2) is 29.2 Å². The van der Waals surface area contributed by atoms with Crippen molar-refractivity contribution < 1.29 is 19.1 Å². The van der Waals surface area contributed by atoms with Crippen LogP contribution >= 0.6 is 0 Å². The van der Waals surface area contributed by atoms with Crippen molar-refractivity contribution in [3.63, 3.8) is 0 Å². The normalized spacial score (nSPS) is 13.5. The van der Waals surface area contributed by atoms with E-state index in [1.54, 1.807) is 31.3 Å². The molecule has 5 nitrogen and oxygen atoms in total. The van der Waals surface area contributed by atoms with Crippen LogP contribution in [0.3, 0.4) is 0 Å². The summed E-state index contributed by atoms with van der Waals surface area (Å²) in [6.07, 6.45) is 3.03. The molecule has 2 rings (SSSR count). The summed E-state index contributed by atoms with van der Waals surface area (Å²) in [5.41, 5.74) is 1.60. The number of rotatable bonds is 2. The van der Waals surface area contributed by atoms with Crippen molar-refractivity contribution in [3.8, 4) is 0 Å². The molecule has 1 aromatic rings. The molecule has 1 aliphatic heterocycles. The molecule has 0 radical (unpaired) electrons. The summed E-state index contributed by atoms with van der Waals surface area (Å²) in [7, 11) is 0. The van der Waals surface area contributed by atoms with E-state index in [-0.39, 0.29) is 12.5 Å². The maximum Gasteiger partial charge on any atom is 0.414 e. The van der Waals surface area contributed by atoms with Crippen molar-refractivity contribution in [2.45, 2.75) is 39.8 Å². The van der Waals surface area contributed by atoms with E-state index >= 15 is 0 Å². The third-order valence-corrected chi connectivity index (χ3v) is 3.10. The minimum Gasteiger partial charge on any atom is -0.462 e. The molecule has 0 saturated heterocycles. The van der Waals surface area contributed by atoms with Gasteiger partial charge in [0, 0.05) is 6.20 Å². The fourth-order valence-corrected chi connectivity index (χ4v) is 2.18. The Balaban J connectivity index is 2.25. The minimum absolute atomic E-state index is 0.287. The first-order valence-corrected chi connectivity index (χ1v) is 7.28. The van der Waals surface area contributed by atoms with Crippen LogP contribution < -0.4 is 0 Å². The first-order chi connectivity index (χ1) is 10.3. The van der Waals surface area contributed by atoms with Gasteiger partial charge in [-0.25, -0.2) is 9.59 Å². The van der Waals surface area contributed by atoms with Gasteiger partial charge in [-0.05, 0) is 51.0 Å². The maximum absolute atomic E-state index is 12.2. The van der Waals surface area contributed by atoms with Gasteiger partial charge in [-0.2, -0.15) is 0 Å². The Labute approximate surface area is 130 Å². The molecule has 1 aromatic carbocycles. The van der Waals surface area contributed by atoms with E-state index < -0.39 is 11.7 Å². The second kappa shape index (κ2) is 6.22. The molecule has 1 heterocycles. The summed E-state index contributed by atoms with van der Waals surface area (Å²) >= 11 is 0. The summed E-state index contributed by atoms with van der Waals surface area (Å²) in [5.74, 6) is -0.376. The van der Waals surface area contributed by atoms with E-state index in [2.05, 4.69) is 0 Å². The van der Waals surface area contributed by atoms with Gasteiger partial charge < -0.3 is 9.47 Å². The molecule has 0 aliphatic carbocycles. The SMILES string of the molecule is CCOC(=O)c1cccc2c1CN(C(=O)OC(C)(C)C)C=C2. The largest absolute Gasteiger partial charge is 0.462 e.